The van der Waals surface area contributed by atoms with Gasteiger partial charge in [-0.05, 0) is 23.3 Å². The Bertz CT molecular complexity index is 790. The van der Waals surface area contributed by atoms with E-state index in [1.807, 2.05) is 30.3 Å². The second-order valence-electron chi connectivity index (χ2n) is 5.64. The maximum absolute atomic E-state index is 12.1. The van der Waals surface area contributed by atoms with Gasteiger partial charge in [0.1, 0.15) is 5.75 Å². The zero-order valence-corrected chi connectivity index (χ0v) is 15.1. The molecule has 0 aliphatic heterocycles. The van der Waals surface area contributed by atoms with Crippen molar-refractivity contribution in [3.8, 4) is 5.75 Å². The van der Waals surface area contributed by atoms with Crippen LogP contribution in [0.15, 0.2) is 54.6 Å². The van der Waals surface area contributed by atoms with Crippen LogP contribution < -0.4 is 10.1 Å². The molecular weight excluding hydrogens is 340 g/mol. The molecule has 0 radical (unpaired) electrons. The van der Waals surface area contributed by atoms with Gasteiger partial charge in [0.05, 0.1) is 19.9 Å². The predicted molar refractivity (Wildman–Crippen MR) is 96.5 cm³/mol. The summed E-state index contributed by atoms with van der Waals surface area (Å²) in [4.78, 5) is 12.1. The molecule has 0 spiro atoms. The summed E-state index contributed by atoms with van der Waals surface area (Å²) in [5.74, 6) is 0.345. The van der Waals surface area contributed by atoms with Crippen LogP contribution in [-0.2, 0) is 27.9 Å². The first-order chi connectivity index (χ1) is 11.9. The van der Waals surface area contributed by atoms with Gasteiger partial charge in [0.2, 0.25) is 15.9 Å². The van der Waals surface area contributed by atoms with E-state index in [0.29, 0.717) is 12.3 Å². The fourth-order valence-electron chi connectivity index (χ4n) is 2.24. The Morgan fingerprint density at radius 3 is 2.24 bits per heavy atom. The molecule has 0 aliphatic rings. The summed E-state index contributed by atoms with van der Waals surface area (Å²) >= 11 is 0. The molecule has 2 rings (SSSR count). The summed E-state index contributed by atoms with van der Waals surface area (Å²) in [6.45, 7) is 0.263. The molecule has 0 fully saturated rings. The number of carbonyl (C=O) groups excluding carboxylic acids is 1. The topological polar surface area (TPSA) is 75.7 Å². The summed E-state index contributed by atoms with van der Waals surface area (Å²) in [6, 6.07) is 16.5. The normalized spacial score (nSPS) is 11.3. The van der Waals surface area contributed by atoms with Crippen molar-refractivity contribution in [1.29, 1.82) is 0 Å². The first-order valence-corrected chi connectivity index (χ1v) is 9.62. The molecule has 134 valence electrons. The van der Waals surface area contributed by atoms with Crippen LogP contribution in [0.3, 0.4) is 0 Å². The first-order valence-electron chi connectivity index (χ1n) is 7.77. The van der Waals surface area contributed by atoms with Crippen LogP contribution in [0.2, 0.25) is 0 Å². The summed E-state index contributed by atoms with van der Waals surface area (Å²) in [5, 5.41) is 2.74. The first kappa shape index (κ1) is 19.0. The van der Waals surface area contributed by atoms with Crippen molar-refractivity contribution < 1.29 is 17.9 Å². The minimum Gasteiger partial charge on any atom is -0.497 e. The second kappa shape index (κ2) is 8.64. The van der Waals surface area contributed by atoms with Gasteiger partial charge in [-0.1, -0.05) is 42.5 Å². The third kappa shape index (κ3) is 6.21. The van der Waals surface area contributed by atoms with E-state index in [1.165, 1.54) is 0 Å². The van der Waals surface area contributed by atoms with E-state index >= 15 is 0 Å². The van der Waals surface area contributed by atoms with Crippen molar-refractivity contribution in [2.75, 3.05) is 19.9 Å². The molecule has 0 bridgehead atoms. The lowest BCUT2D eigenvalue weighted by Gasteiger charge is -2.19. The number of methoxy groups -OCH3 is 1. The molecule has 25 heavy (non-hydrogen) atoms. The van der Waals surface area contributed by atoms with Crippen LogP contribution in [0, 0.1) is 0 Å². The largest absolute Gasteiger partial charge is 0.497 e. The van der Waals surface area contributed by atoms with E-state index in [4.69, 9.17) is 4.74 Å². The molecular formula is C18H22N2O4S. The summed E-state index contributed by atoms with van der Waals surface area (Å²) in [7, 11) is -1.95. The van der Waals surface area contributed by atoms with Crippen molar-refractivity contribution >= 4 is 15.9 Å². The number of sulfonamides is 1. The van der Waals surface area contributed by atoms with Crippen molar-refractivity contribution in [1.82, 2.24) is 9.62 Å². The highest BCUT2D eigenvalue weighted by Crippen LogP contribution is 2.14. The van der Waals surface area contributed by atoms with E-state index in [2.05, 4.69) is 5.32 Å². The lowest BCUT2D eigenvalue weighted by atomic mass is 10.2. The average Bonchev–Trinajstić information content (AvgIpc) is 2.60. The quantitative estimate of drug-likeness (QED) is 0.777. The Hall–Kier alpha value is -2.38. The monoisotopic (exact) mass is 362 g/mol. The van der Waals surface area contributed by atoms with Crippen LogP contribution in [-0.4, -0.2) is 38.5 Å². The molecule has 0 atom stereocenters. The number of amides is 1. The van der Waals surface area contributed by atoms with Crippen molar-refractivity contribution in [2.45, 2.75) is 13.1 Å². The van der Waals surface area contributed by atoms with Crippen LogP contribution in [0.1, 0.15) is 11.1 Å². The molecule has 6 nitrogen and oxygen atoms in total. The number of hydrogen-bond acceptors (Lipinski definition) is 4. The number of nitrogens with zero attached hydrogens (tertiary/aromatic N) is 1. The Balaban J connectivity index is 1.98. The van der Waals surface area contributed by atoms with Gasteiger partial charge in [0.15, 0.2) is 0 Å². The number of carbonyl (C=O) groups is 1. The van der Waals surface area contributed by atoms with E-state index < -0.39 is 10.0 Å². The van der Waals surface area contributed by atoms with Gasteiger partial charge >= 0.3 is 0 Å². The highest BCUT2D eigenvalue weighted by Gasteiger charge is 2.20. The Labute approximate surface area is 148 Å². The maximum Gasteiger partial charge on any atom is 0.235 e. The number of benzene rings is 2. The maximum atomic E-state index is 12.1. The van der Waals surface area contributed by atoms with Gasteiger partial charge in [0, 0.05) is 13.1 Å². The summed E-state index contributed by atoms with van der Waals surface area (Å²) in [6.07, 6.45) is 1.10. The molecule has 0 saturated carbocycles. The van der Waals surface area contributed by atoms with Gasteiger partial charge < -0.3 is 10.1 Å². The number of hydrogen-bond donors (Lipinski definition) is 1. The molecule has 0 saturated heterocycles. The number of ether oxygens (including phenoxy) is 1. The third-order valence-corrected chi connectivity index (χ3v) is 4.84. The molecule has 1 N–H and O–H groups in total. The number of rotatable bonds is 8. The lowest BCUT2D eigenvalue weighted by molar-refractivity contribution is -0.121. The molecule has 1 amide bonds. The highest BCUT2D eigenvalue weighted by atomic mass is 32.2. The molecule has 0 aromatic heterocycles. The summed E-state index contributed by atoms with van der Waals surface area (Å²) in [5.41, 5.74) is 1.74. The Morgan fingerprint density at radius 1 is 1.04 bits per heavy atom. The molecule has 2 aromatic rings. The van der Waals surface area contributed by atoms with E-state index in [1.54, 1.807) is 31.4 Å². The van der Waals surface area contributed by atoms with Gasteiger partial charge in [-0.25, -0.2) is 8.42 Å². The zero-order chi connectivity index (χ0) is 18.3. The van der Waals surface area contributed by atoms with Crippen LogP contribution in [0.5, 0.6) is 5.75 Å². The smallest absolute Gasteiger partial charge is 0.235 e. The highest BCUT2D eigenvalue weighted by molar-refractivity contribution is 7.88. The van der Waals surface area contributed by atoms with Gasteiger partial charge in [-0.2, -0.15) is 4.31 Å². The Morgan fingerprint density at radius 2 is 1.68 bits per heavy atom. The fourth-order valence-corrected chi connectivity index (χ4v) is 2.97. The average molecular weight is 362 g/mol. The van der Waals surface area contributed by atoms with E-state index in [0.717, 1.165) is 21.7 Å². The predicted octanol–water partition coefficient (Wildman–Crippen LogP) is 1.77. The van der Waals surface area contributed by atoms with Gasteiger partial charge in [0.25, 0.3) is 0 Å². The molecule has 7 heteroatoms. The molecule has 0 heterocycles. The van der Waals surface area contributed by atoms with Crippen molar-refractivity contribution in [2.24, 2.45) is 0 Å². The van der Waals surface area contributed by atoms with Crippen molar-refractivity contribution in [3.63, 3.8) is 0 Å². The minimum absolute atomic E-state index is 0.127. The third-order valence-electron chi connectivity index (χ3n) is 3.64. The van der Waals surface area contributed by atoms with Gasteiger partial charge in [-0.15, -0.1) is 0 Å². The molecule has 0 aliphatic carbocycles. The van der Waals surface area contributed by atoms with Crippen LogP contribution >= 0.6 is 0 Å². The second-order valence-corrected chi connectivity index (χ2v) is 7.62. The standard InChI is InChI=1S/C18H22N2O4S/c1-24-17-10-8-16(9-11-17)13-20(25(2,22)23)14-18(21)19-12-15-6-4-3-5-7-15/h3-11H,12-14H2,1-2H3,(H,19,21). The minimum atomic E-state index is -3.52. The zero-order valence-electron chi connectivity index (χ0n) is 14.3. The lowest BCUT2D eigenvalue weighted by Crippen LogP contribution is -2.39. The molecule has 2 aromatic carbocycles. The SMILES string of the molecule is COc1ccc(CN(CC(=O)NCc2ccccc2)S(C)(=O)=O)cc1. The van der Waals surface area contributed by atoms with E-state index in [-0.39, 0.29) is 19.0 Å². The van der Waals surface area contributed by atoms with Gasteiger partial charge in [-0.3, -0.25) is 4.79 Å². The molecule has 0 unspecified atom stereocenters. The fraction of sp³-hybridized carbons (Fsp3) is 0.278. The van der Waals surface area contributed by atoms with Crippen LogP contribution in [0.25, 0.3) is 0 Å². The van der Waals surface area contributed by atoms with Crippen LogP contribution in [0.4, 0.5) is 0 Å². The number of nitrogens with one attached hydrogen (secondary N) is 1. The van der Waals surface area contributed by atoms with E-state index in [9.17, 15) is 13.2 Å². The summed E-state index contributed by atoms with van der Waals surface area (Å²) < 4.78 is 30.2. The Kier molecular flexibility index (Phi) is 6.55. The van der Waals surface area contributed by atoms with Crippen molar-refractivity contribution in [3.05, 3.63) is 65.7 Å².